The molecule has 1 aromatic heterocycles. The third-order valence-electron chi connectivity index (χ3n) is 2.08. The molecule has 0 unspecified atom stereocenters. The van der Waals surface area contributed by atoms with Crippen LogP contribution < -0.4 is 10.6 Å². The van der Waals surface area contributed by atoms with Gasteiger partial charge in [0.1, 0.15) is 6.33 Å². The molecule has 0 saturated carbocycles. The summed E-state index contributed by atoms with van der Waals surface area (Å²) in [6.45, 7) is 1.30. The summed E-state index contributed by atoms with van der Waals surface area (Å²) in [4.78, 5) is 11.3. The second-order valence-electron chi connectivity index (χ2n) is 3.34. The fourth-order valence-electron chi connectivity index (χ4n) is 1.16. The molecule has 84 valence electrons. The molecule has 1 aromatic rings. The van der Waals surface area contributed by atoms with Crippen molar-refractivity contribution in [2.24, 2.45) is 7.05 Å². The van der Waals surface area contributed by atoms with Crippen molar-refractivity contribution in [3.8, 4) is 0 Å². The highest BCUT2D eigenvalue weighted by Crippen LogP contribution is 1.92. The second-order valence-corrected chi connectivity index (χ2v) is 3.34. The van der Waals surface area contributed by atoms with Gasteiger partial charge < -0.3 is 15.2 Å². The van der Waals surface area contributed by atoms with Crippen LogP contribution in [0.25, 0.3) is 0 Å². The first-order valence-electron chi connectivity index (χ1n) is 4.98. The minimum absolute atomic E-state index is 0.0493. The summed E-state index contributed by atoms with van der Waals surface area (Å²) < 4.78 is 1.79. The second kappa shape index (κ2) is 6.13. The van der Waals surface area contributed by atoms with E-state index in [1.165, 1.54) is 0 Å². The number of hydrogen-bond acceptors (Lipinski definition) is 4. The molecule has 1 amide bonds. The fourth-order valence-corrected chi connectivity index (χ4v) is 1.16. The Morgan fingerprint density at radius 2 is 2.40 bits per heavy atom. The van der Waals surface area contributed by atoms with Crippen LogP contribution in [0.5, 0.6) is 0 Å². The van der Waals surface area contributed by atoms with E-state index in [4.69, 9.17) is 0 Å². The third kappa shape index (κ3) is 4.07. The SMILES string of the molecule is CNCCCC(=O)NCc1nncn1C. The van der Waals surface area contributed by atoms with E-state index in [1.807, 2.05) is 14.1 Å². The molecule has 2 N–H and O–H groups in total. The van der Waals surface area contributed by atoms with Crippen molar-refractivity contribution < 1.29 is 4.79 Å². The lowest BCUT2D eigenvalue weighted by Gasteiger charge is -2.04. The zero-order chi connectivity index (χ0) is 11.1. The van der Waals surface area contributed by atoms with E-state index in [9.17, 15) is 4.79 Å². The maximum absolute atomic E-state index is 11.3. The van der Waals surface area contributed by atoms with Crippen LogP contribution in [0.15, 0.2) is 6.33 Å². The Hall–Kier alpha value is -1.43. The molecule has 6 nitrogen and oxygen atoms in total. The van der Waals surface area contributed by atoms with Crippen molar-refractivity contribution >= 4 is 5.91 Å². The zero-order valence-electron chi connectivity index (χ0n) is 9.16. The van der Waals surface area contributed by atoms with E-state index in [0.717, 1.165) is 18.8 Å². The number of aryl methyl sites for hydroxylation is 1. The quantitative estimate of drug-likeness (QED) is 0.618. The molecule has 0 aliphatic rings. The maximum atomic E-state index is 11.3. The van der Waals surface area contributed by atoms with Gasteiger partial charge in [0.25, 0.3) is 0 Å². The Labute approximate surface area is 89.1 Å². The van der Waals surface area contributed by atoms with Crippen LogP contribution in [0.3, 0.4) is 0 Å². The van der Waals surface area contributed by atoms with Gasteiger partial charge in [-0.2, -0.15) is 0 Å². The van der Waals surface area contributed by atoms with E-state index in [2.05, 4.69) is 20.8 Å². The highest BCUT2D eigenvalue weighted by atomic mass is 16.1. The number of amides is 1. The molecule has 0 aromatic carbocycles. The highest BCUT2D eigenvalue weighted by Gasteiger charge is 2.03. The van der Waals surface area contributed by atoms with Crippen molar-refractivity contribution in [2.75, 3.05) is 13.6 Å². The molecule has 0 aliphatic heterocycles. The molecule has 6 heteroatoms. The number of nitrogens with zero attached hydrogens (tertiary/aromatic N) is 3. The van der Waals surface area contributed by atoms with Gasteiger partial charge in [-0.3, -0.25) is 4.79 Å². The highest BCUT2D eigenvalue weighted by molar-refractivity contribution is 5.75. The lowest BCUT2D eigenvalue weighted by atomic mass is 10.3. The monoisotopic (exact) mass is 211 g/mol. The molecule has 1 heterocycles. The van der Waals surface area contributed by atoms with E-state index in [-0.39, 0.29) is 5.91 Å². The Kier molecular flexibility index (Phi) is 4.76. The lowest BCUT2D eigenvalue weighted by molar-refractivity contribution is -0.121. The van der Waals surface area contributed by atoms with Crippen LogP contribution in [-0.2, 0) is 18.4 Å². The van der Waals surface area contributed by atoms with Crippen LogP contribution >= 0.6 is 0 Å². The Morgan fingerprint density at radius 1 is 1.60 bits per heavy atom. The molecule has 0 bridgehead atoms. The van der Waals surface area contributed by atoms with Crippen LogP contribution in [0.2, 0.25) is 0 Å². The molecule has 15 heavy (non-hydrogen) atoms. The maximum Gasteiger partial charge on any atom is 0.220 e. The number of aromatic nitrogens is 3. The summed E-state index contributed by atoms with van der Waals surface area (Å²) in [5.74, 6) is 0.810. The third-order valence-corrected chi connectivity index (χ3v) is 2.08. The number of nitrogens with one attached hydrogen (secondary N) is 2. The molecule has 0 saturated heterocycles. The predicted molar refractivity (Wildman–Crippen MR) is 56.0 cm³/mol. The molecule has 1 rings (SSSR count). The molecule has 0 spiro atoms. The lowest BCUT2D eigenvalue weighted by Crippen LogP contribution is -2.25. The topological polar surface area (TPSA) is 71.8 Å². The van der Waals surface area contributed by atoms with E-state index in [0.29, 0.717) is 13.0 Å². The first kappa shape index (κ1) is 11.6. The standard InChI is InChI=1S/C9H17N5O/c1-10-5-3-4-9(15)11-6-8-13-12-7-14(8)2/h7,10H,3-6H2,1-2H3,(H,11,15). The van der Waals surface area contributed by atoms with Gasteiger partial charge in [0.05, 0.1) is 6.54 Å². The molecule has 0 radical (unpaired) electrons. The van der Waals surface area contributed by atoms with Gasteiger partial charge in [-0.25, -0.2) is 0 Å². The summed E-state index contributed by atoms with van der Waals surface area (Å²) >= 11 is 0. The predicted octanol–water partition coefficient (Wildman–Crippen LogP) is -0.569. The first-order chi connectivity index (χ1) is 7.24. The van der Waals surface area contributed by atoms with Crippen LogP contribution in [0.4, 0.5) is 0 Å². The van der Waals surface area contributed by atoms with Gasteiger partial charge in [0, 0.05) is 13.5 Å². The minimum Gasteiger partial charge on any atom is -0.349 e. The summed E-state index contributed by atoms with van der Waals surface area (Å²) in [5.41, 5.74) is 0. The molecule has 0 aliphatic carbocycles. The van der Waals surface area contributed by atoms with Crippen molar-refractivity contribution in [3.63, 3.8) is 0 Å². The Morgan fingerprint density at radius 3 is 3.00 bits per heavy atom. The van der Waals surface area contributed by atoms with Gasteiger partial charge in [-0.05, 0) is 20.0 Å². The van der Waals surface area contributed by atoms with Gasteiger partial charge in [0.15, 0.2) is 5.82 Å². The summed E-state index contributed by atoms with van der Waals surface area (Å²) in [6, 6.07) is 0. The largest absolute Gasteiger partial charge is 0.349 e. The average molecular weight is 211 g/mol. The van der Waals surface area contributed by atoms with Crippen molar-refractivity contribution in [1.82, 2.24) is 25.4 Å². The smallest absolute Gasteiger partial charge is 0.220 e. The number of carbonyl (C=O) groups excluding carboxylic acids is 1. The van der Waals surface area contributed by atoms with Crippen LogP contribution in [0, 0.1) is 0 Å². The first-order valence-corrected chi connectivity index (χ1v) is 4.98. The van der Waals surface area contributed by atoms with Crippen molar-refractivity contribution in [2.45, 2.75) is 19.4 Å². The number of hydrogen-bond donors (Lipinski definition) is 2. The Balaban J connectivity index is 2.20. The van der Waals surface area contributed by atoms with Gasteiger partial charge in [0.2, 0.25) is 5.91 Å². The summed E-state index contributed by atoms with van der Waals surface area (Å²) in [7, 11) is 3.72. The molecular weight excluding hydrogens is 194 g/mol. The van der Waals surface area contributed by atoms with E-state index >= 15 is 0 Å². The summed E-state index contributed by atoms with van der Waals surface area (Å²) in [5, 5.41) is 13.4. The van der Waals surface area contributed by atoms with Gasteiger partial charge in [-0.15, -0.1) is 10.2 Å². The normalized spacial score (nSPS) is 10.3. The van der Waals surface area contributed by atoms with Gasteiger partial charge >= 0.3 is 0 Å². The summed E-state index contributed by atoms with van der Waals surface area (Å²) in [6.07, 6.45) is 3.00. The number of carbonyl (C=O) groups is 1. The van der Waals surface area contributed by atoms with Crippen LogP contribution in [-0.4, -0.2) is 34.3 Å². The number of rotatable bonds is 6. The average Bonchev–Trinajstić information content (AvgIpc) is 2.61. The molecule has 0 fully saturated rings. The van der Waals surface area contributed by atoms with E-state index < -0.39 is 0 Å². The zero-order valence-corrected chi connectivity index (χ0v) is 9.16. The molecule has 0 atom stereocenters. The fraction of sp³-hybridized carbons (Fsp3) is 0.667. The van der Waals surface area contributed by atoms with Crippen LogP contribution in [0.1, 0.15) is 18.7 Å². The van der Waals surface area contributed by atoms with Crippen molar-refractivity contribution in [3.05, 3.63) is 12.2 Å². The Bertz CT molecular complexity index is 309. The van der Waals surface area contributed by atoms with Gasteiger partial charge in [-0.1, -0.05) is 0 Å². The minimum atomic E-state index is 0.0493. The van der Waals surface area contributed by atoms with E-state index in [1.54, 1.807) is 10.9 Å². The molecular formula is C9H17N5O. The van der Waals surface area contributed by atoms with Crippen molar-refractivity contribution in [1.29, 1.82) is 0 Å².